The first kappa shape index (κ1) is 16.0. The monoisotopic (exact) mass is 344 g/mol. The highest BCUT2D eigenvalue weighted by Crippen LogP contribution is 2.19. The van der Waals surface area contributed by atoms with Gasteiger partial charge >= 0.3 is 6.03 Å². The molecule has 122 valence electrons. The maximum absolute atomic E-state index is 13.1. The van der Waals surface area contributed by atoms with Crippen LogP contribution in [0.25, 0.3) is 0 Å². The third-order valence-electron chi connectivity index (χ3n) is 3.26. The fraction of sp³-hybridized carbons (Fsp3) is 0.0588. The second kappa shape index (κ2) is 7.14. The number of aromatic nitrogens is 2. The number of carbonyl (C=O) groups excluding carboxylic acids is 1. The maximum atomic E-state index is 13.1. The highest BCUT2D eigenvalue weighted by atomic mass is 35.5. The van der Waals surface area contributed by atoms with Gasteiger partial charge in [0.1, 0.15) is 5.82 Å². The molecule has 2 N–H and O–H groups in total. The molecule has 24 heavy (non-hydrogen) atoms. The highest BCUT2D eigenvalue weighted by Gasteiger charge is 2.07. The van der Waals surface area contributed by atoms with Crippen LogP contribution in [0.3, 0.4) is 0 Å². The Morgan fingerprint density at radius 1 is 1.12 bits per heavy atom. The first-order valence-corrected chi connectivity index (χ1v) is 7.57. The molecular formula is C17H14ClFN4O. The predicted molar refractivity (Wildman–Crippen MR) is 91.8 cm³/mol. The van der Waals surface area contributed by atoms with Crippen LogP contribution in [0.5, 0.6) is 0 Å². The summed E-state index contributed by atoms with van der Waals surface area (Å²) in [5.74, 6) is -0.537. The van der Waals surface area contributed by atoms with Gasteiger partial charge in [-0.25, -0.2) is 9.18 Å². The Balaban J connectivity index is 1.59. The van der Waals surface area contributed by atoms with Crippen molar-refractivity contribution in [1.29, 1.82) is 0 Å². The van der Waals surface area contributed by atoms with Crippen molar-refractivity contribution in [3.05, 3.63) is 77.3 Å². The number of amides is 2. The molecule has 3 aromatic rings. The number of halogens is 2. The molecule has 2 amide bonds. The Hall–Kier alpha value is -2.86. The van der Waals surface area contributed by atoms with Gasteiger partial charge in [-0.2, -0.15) is 5.10 Å². The van der Waals surface area contributed by atoms with Gasteiger partial charge in [-0.15, -0.1) is 0 Å². The molecule has 0 atom stereocenters. The van der Waals surface area contributed by atoms with E-state index in [0.717, 1.165) is 5.56 Å². The van der Waals surface area contributed by atoms with Crippen LogP contribution in [0, 0.1) is 5.82 Å². The number of hydrogen-bond donors (Lipinski definition) is 2. The summed E-state index contributed by atoms with van der Waals surface area (Å²) in [5.41, 5.74) is 2.06. The van der Waals surface area contributed by atoms with Crippen LogP contribution in [-0.2, 0) is 6.54 Å². The number of urea groups is 1. The average Bonchev–Trinajstić information content (AvgIpc) is 2.99. The van der Waals surface area contributed by atoms with Crippen molar-refractivity contribution >= 4 is 29.0 Å². The molecule has 0 spiro atoms. The number of anilines is 2. The molecule has 0 unspecified atom stereocenters. The van der Waals surface area contributed by atoms with Gasteiger partial charge in [0.25, 0.3) is 0 Å². The molecule has 0 aliphatic heterocycles. The van der Waals surface area contributed by atoms with Gasteiger partial charge in [-0.3, -0.25) is 4.68 Å². The third kappa shape index (κ3) is 4.11. The van der Waals surface area contributed by atoms with Crippen LogP contribution < -0.4 is 10.6 Å². The Morgan fingerprint density at radius 3 is 2.62 bits per heavy atom. The molecule has 0 aliphatic rings. The summed E-state index contributed by atoms with van der Waals surface area (Å²) in [5, 5.41) is 9.39. The van der Waals surface area contributed by atoms with E-state index in [-0.39, 0.29) is 5.02 Å². The van der Waals surface area contributed by atoms with E-state index in [0.29, 0.717) is 17.9 Å². The zero-order chi connectivity index (χ0) is 16.9. The molecule has 0 bridgehead atoms. The van der Waals surface area contributed by atoms with Crippen molar-refractivity contribution in [3.8, 4) is 0 Å². The first-order chi connectivity index (χ1) is 11.6. The van der Waals surface area contributed by atoms with Crippen LogP contribution in [0.1, 0.15) is 5.56 Å². The second-order valence-electron chi connectivity index (χ2n) is 5.12. The standard InChI is InChI=1S/C17H14ClFN4O/c18-15-8-13(6-7-16(15)19)21-17(24)22-14-9-20-23(11-14)10-12-4-2-1-3-5-12/h1-9,11H,10H2,(H2,21,22,24). The number of carbonyl (C=O) groups is 1. The van der Waals surface area contributed by atoms with Crippen molar-refractivity contribution in [2.75, 3.05) is 10.6 Å². The van der Waals surface area contributed by atoms with Crippen molar-refractivity contribution < 1.29 is 9.18 Å². The van der Waals surface area contributed by atoms with Gasteiger partial charge in [0.15, 0.2) is 0 Å². The average molecular weight is 345 g/mol. The number of benzene rings is 2. The van der Waals surface area contributed by atoms with Crippen molar-refractivity contribution in [1.82, 2.24) is 9.78 Å². The Kier molecular flexibility index (Phi) is 4.77. The number of rotatable bonds is 4. The fourth-order valence-corrected chi connectivity index (χ4v) is 2.33. The molecule has 7 heteroatoms. The number of nitrogens with one attached hydrogen (secondary N) is 2. The Labute approximate surface area is 143 Å². The van der Waals surface area contributed by atoms with Crippen LogP contribution in [0.2, 0.25) is 5.02 Å². The summed E-state index contributed by atoms with van der Waals surface area (Å²) in [6, 6.07) is 13.4. The number of hydrogen-bond acceptors (Lipinski definition) is 2. The second-order valence-corrected chi connectivity index (χ2v) is 5.53. The van der Waals surface area contributed by atoms with Gasteiger partial charge in [-0.05, 0) is 23.8 Å². The summed E-state index contributed by atoms with van der Waals surface area (Å²) >= 11 is 5.68. The van der Waals surface area contributed by atoms with Crippen LogP contribution in [0.15, 0.2) is 60.9 Å². The molecular weight excluding hydrogens is 331 g/mol. The molecule has 0 fully saturated rings. The molecule has 0 saturated heterocycles. The smallest absolute Gasteiger partial charge is 0.308 e. The minimum absolute atomic E-state index is 0.0523. The van der Waals surface area contributed by atoms with E-state index in [1.807, 2.05) is 30.3 Å². The fourth-order valence-electron chi connectivity index (χ4n) is 2.15. The van der Waals surface area contributed by atoms with Crippen LogP contribution >= 0.6 is 11.6 Å². The summed E-state index contributed by atoms with van der Waals surface area (Å²) < 4.78 is 14.8. The highest BCUT2D eigenvalue weighted by molar-refractivity contribution is 6.31. The Bertz CT molecular complexity index is 851. The first-order valence-electron chi connectivity index (χ1n) is 7.19. The van der Waals surface area contributed by atoms with Gasteiger partial charge in [-0.1, -0.05) is 41.9 Å². The topological polar surface area (TPSA) is 59.0 Å². The van der Waals surface area contributed by atoms with Crippen molar-refractivity contribution in [2.45, 2.75) is 6.54 Å². The van der Waals surface area contributed by atoms with E-state index in [1.165, 1.54) is 18.2 Å². The van der Waals surface area contributed by atoms with Gasteiger partial charge in [0.05, 0.1) is 23.5 Å². The van der Waals surface area contributed by atoms with Crippen LogP contribution in [-0.4, -0.2) is 15.8 Å². The van der Waals surface area contributed by atoms with E-state index in [1.54, 1.807) is 17.1 Å². The van der Waals surface area contributed by atoms with E-state index in [4.69, 9.17) is 11.6 Å². The Morgan fingerprint density at radius 2 is 1.88 bits per heavy atom. The van der Waals surface area contributed by atoms with E-state index >= 15 is 0 Å². The van der Waals surface area contributed by atoms with E-state index < -0.39 is 11.8 Å². The lowest BCUT2D eigenvalue weighted by atomic mass is 10.2. The quantitative estimate of drug-likeness (QED) is 0.738. The van der Waals surface area contributed by atoms with Gasteiger partial charge in [0, 0.05) is 11.9 Å². The van der Waals surface area contributed by atoms with Crippen LogP contribution in [0.4, 0.5) is 20.6 Å². The summed E-state index contributed by atoms with van der Waals surface area (Å²) in [6.45, 7) is 0.609. The lowest BCUT2D eigenvalue weighted by Gasteiger charge is -2.06. The number of nitrogens with zero attached hydrogens (tertiary/aromatic N) is 2. The zero-order valence-electron chi connectivity index (χ0n) is 12.5. The minimum Gasteiger partial charge on any atom is -0.308 e. The molecule has 0 radical (unpaired) electrons. The van der Waals surface area contributed by atoms with Crippen molar-refractivity contribution in [2.24, 2.45) is 0 Å². The predicted octanol–water partition coefficient (Wildman–Crippen LogP) is 4.37. The zero-order valence-corrected chi connectivity index (χ0v) is 13.3. The van der Waals surface area contributed by atoms with Crippen molar-refractivity contribution in [3.63, 3.8) is 0 Å². The SMILES string of the molecule is O=C(Nc1ccc(F)c(Cl)c1)Nc1cnn(Cc2ccccc2)c1. The largest absolute Gasteiger partial charge is 0.323 e. The van der Waals surface area contributed by atoms with E-state index in [2.05, 4.69) is 15.7 Å². The summed E-state index contributed by atoms with van der Waals surface area (Å²) in [7, 11) is 0. The lowest BCUT2D eigenvalue weighted by molar-refractivity contribution is 0.262. The molecule has 1 heterocycles. The minimum atomic E-state index is -0.537. The molecule has 2 aromatic carbocycles. The summed E-state index contributed by atoms with van der Waals surface area (Å²) in [6.07, 6.45) is 3.28. The summed E-state index contributed by atoms with van der Waals surface area (Å²) in [4.78, 5) is 11.9. The molecule has 0 aliphatic carbocycles. The van der Waals surface area contributed by atoms with Gasteiger partial charge in [0.2, 0.25) is 0 Å². The normalized spacial score (nSPS) is 10.4. The molecule has 0 saturated carbocycles. The van der Waals surface area contributed by atoms with Gasteiger partial charge < -0.3 is 10.6 Å². The maximum Gasteiger partial charge on any atom is 0.323 e. The molecule has 5 nitrogen and oxygen atoms in total. The third-order valence-corrected chi connectivity index (χ3v) is 3.55. The molecule has 1 aromatic heterocycles. The lowest BCUT2D eigenvalue weighted by Crippen LogP contribution is -2.19. The molecule has 3 rings (SSSR count). The van der Waals surface area contributed by atoms with E-state index in [9.17, 15) is 9.18 Å².